The van der Waals surface area contributed by atoms with Gasteiger partial charge >= 0.3 is 5.97 Å². The van der Waals surface area contributed by atoms with Gasteiger partial charge in [0.15, 0.2) is 6.61 Å². The third-order valence-electron chi connectivity index (χ3n) is 2.63. The molecule has 0 aliphatic heterocycles. The van der Waals surface area contributed by atoms with Crippen molar-refractivity contribution in [3.05, 3.63) is 53.9 Å². The molecular formula is C15H15NO4. The van der Waals surface area contributed by atoms with Crippen molar-refractivity contribution in [3.8, 4) is 5.75 Å². The molecule has 1 N–H and O–H groups in total. The number of aromatic amines is 1. The summed E-state index contributed by atoms with van der Waals surface area (Å²) in [4.78, 5) is 26.0. The molecule has 0 unspecified atom stereocenters. The van der Waals surface area contributed by atoms with Crippen molar-refractivity contribution in [2.75, 3.05) is 13.2 Å². The summed E-state index contributed by atoms with van der Waals surface area (Å²) in [5, 5.41) is 0. The first-order valence-corrected chi connectivity index (χ1v) is 6.27. The second-order valence-corrected chi connectivity index (χ2v) is 4.04. The minimum atomic E-state index is -0.374. The Balaban J connectivity index is 1.91. The Kier molecular flexibility index (Phi) is 4.55. The van der Waals surface area contributed by atoms with Crippen molar-refractivity contribution in [2.24, 2.45) is 0 Å². The minimum Gasteiger partial charge on any atom is -0.485 e. The zero-order valence-corrected chi connectivity index (χ0v) is 11.1. The summed E-state index contributed by atoms with van der Waals surface area (Å²) >= 11 is 0. The molecule has 2 aromatic rings. The third-order valence-corrected chi connectivity index (χ3v) is 2.63. The molecule has 0 amide bonds. The summed E-state index contributed by atoms with van der Waals surface area (Å²) in [6.07, 6.45) is 1.68. The number of carbonyl (C=O) groups is 2. The highest BCUT2D eigenvalue weighted by molar-refractivity contribution is 5.95. The Labute approximate surface area is 116 Å². The molecule has 0 aliphatic carbocycles. The average Bonchev–Trinajstić information content (AvgIpc) is 3.00. The summed E-state index contributed by atoms with van der Waals surface area (Å²) < 4.78 is 10.2. The summed E-state index contributed by atoms with van der Waals surface area (Å²) in [5.74, 6) is 0.0175. The highest BCUT2D eigenvalue weighted by Gasteiger charge is 2.09. The number of hydrogen-bond acceptors (Lipinski definition) is 4. The number of ketones is 1. The van der Waals surface area contributed by atoms with Crippen LogP contribution in [0.1, 0.15) is 27.8 Å². The van der Waals surface area contributed by atoms with E-state index >= 15 is 0 Å². The van der Waals surface area contributed by atoms with Gasteiger partial charge in [-0.25, -0.2) is 4.79 Å². The standard InChI is InChI=1S/C15H15NO4/c1-2-19-15(18)11-5-7-12(8-6-11)20-10-14(17)13-4-3-9-16-13/h3-9,16H,2,10H2,1H3. The Bertz CT molecular complexity index is 572. The molecule has 1 heterocycles. The van der Waals surface area contributed by atoms with Crippen LogP contribution in [-0.2, 0) is 4.74 Å². The van der Waals surface area contributed by atoms with Gasteiger partial charge in [-0.15, -0.1) is 0 Å². The van der Waals surface area contributed by atoms with Crippen LogP contribution in [0, 0.1) is 0 Å². The topological polar surface area (TPSA) is 68.4 Å². The number of aromatic nitrogens is 1. The zero-order chi connectivity index (χ0) is 14.4. The maximum absolute atomic E-state index is 11.7. The molecule has 0 spiro atoms. The van der Waals surface area contributed by atoms with Gasteiger partial charge in [-0.1, -0.05) is 0 Å². The van der Waals surface area contributed by atoms with E-state index in [0.717, 1.165) is 0 Å². The predicted molar refractivity (Wildman–Crippen MR) is 73.0 cm³/mol. The molecule has 1 aromatic heterocycles. The van der Waals surface area contributed by atoms with Crippen LogP contribution in [0.4, 0.5) is 0 Å². The fourth-order valence-corrected chi connectivity index (χ4v) is 1.63. The van der Waals surface area contributed by atoms with E-state index in [1.807, 2.05) is 0 Å². The molecule has 2 rings (SSSR count). The van der Waals surface area contributed by atoms with Crippen LogP contribution in [0.15, 0.2) is 42.6 Å². The van der Waals surface area contributed by atoms with Crippen LogP contribution >= 0.6 is 0 Å². The molecule has 0 saturated carbocycles. The number of benzene rings is 1. The molecule has 5 heteroatoms. The number of H-pyrrole nitrogens is 1. The van der Waals surface area contributed by atoms with E-state index in [4.69, 9.17) is 9.47 Å². The average molecular weight is 273 g/mol. The molecule has 0 atom stereocenters. The summed E-state index contributed by atoms with van der Waals surface area (Å²) in [7, 11) is 0. The number of ether oxygens (including phenoxy) is 2. The molecular weight excluding hydrogens is 258 g/mol. The maximum atomic E-state index is 11.7. The second kappa shape index (κ2) is 6.56. The van der Waals surface area contributed by atoms with Gasteiger partial charge in [-0.3, -0.25) is 4.79 Å². The SMILES string of the molecule is CCOC(=O)c1ccc(OCC(=O)c2ccc[nH]2)cc1. The first kappa shape index (κ1) is 13.9. The fraction of sp³-hybridized carbons (Fsp3) is 0.200. The highest BCUT2D eigenvalue weighted by Crippen LogP contribution is 2.13. The number of esters is 1. The van der Waals surface area contributed by atoms with Crippen LogP contribution in [0.25, 0.3) is 0 Å². The molecule has 20 heavy (non-hydrogen) atoms. The summed E-state index contributed by atoms with van der Waals surface area (Å²) in [6.45, 7) is 2.03. The van der Waals surface area contributed by atoms with E-state index in [-0.39, 0.29) is 18.4 Å². The van der Waals surface area contributed by atoms with Crippen LogP contribution in [0.5, 0.6) is 5.75 Å². The van der Waals surface area contributed by atoms with Crippen molar-refractivity contribution in [1.82, 2.24) is 4.98 Å². The highest BCUT2D eigenvalue weighted by atomic mass is 16.5. The monoisotopic (exact) mass is 273 g/mol. The molecule has 5 nitrogen and oxygen atoms in total. The van der Waals surface area contributed by atoms with E-state index in [0.29, 0.717) is 23.6 Å². The Morgan fingerprint density at radius 3 is 2.50 bits per heavy atom. The van der Waals surface area contributed by atoms with Crippen LogP contribution < -0.4 is 4.74 Å². The van der Waals surface area contributed by atoms with Gasteiger partial charge in [-0.2, -0.15) is 0 Å². The third kappa shape index (κ3) is 3.47. The number of Topliss-reactive ketones (excluding diaryl/α,β-unsaturated/α-hetero) is 1. The zero-order valence-electron chi connectivity index (χ0n) is 11.1. The van der Waals surface area contributed by atoms with Gasteiger partial charge in [-0.05, 0) is 43.3 Å². The molecule has 1 aromatic carbocycles. The smallest absolute Gasteiger partial charge is 0.338 e. The number of rotatable bonds is 6. The molecule has 0 saturated heterocycles. The Hall–Kier alpha value is -2.56. The van der Waals surface area contributed by atoms with Crippen molar-refractivity contribution in [1.29, 1.82) is 0 Å². The Morgan fingerprint density at radius 1 is 1.15 bits per heavy atom. The number of hydrogen-bond donors (Lipinski definition) is 1. The van der Waals surface area contributed by atoms with Crippen LogP contribution in [-0.4, -0.2) is 30.0 Å². The first-order chi connectivity index (χ1) is 9.70. The molecule has 0 bridgehead atoms. The first-order valence-electron chi connectivity index (χ1n) is 6.27. The van der Waals surface area contributed by atoms with Crippen molar-refractivity contribution < 1.29 is 19.1 Å². The maximum Gasteiger partial charge on any atom is 0.338 e. The fourth-order valence-electron chi connectivity index (χ4n) is 1.63. The molecule has 0 aliphatic rings. The van der Waals surface area contributed by atoms with Gasteiger partial charge in [0.25, 0.3) is 0 Å². The van der Waals surface area contributed by atoms with Gasteiger partial charge in [0, 0.05) is 6.20 Å². The van der Waals surface area contributed by atoms with Crippen molar-refractivity contribution in [2.45, 2.75) is 6.92 Å². The second-order valence-electron chi connectivity index (χ2n) is 4.04. The molecule has 104 valence electrons. The lowest BCUT2D eigenvalue weighted by atomic mass is 10.2. The van der Waals surface area contributed by atoms with E-state index in [1.165, 1.54) is 0 Å². The van der Waals surface area contributed by atoms with Gasteiger partial charge in [0.2, 0.25) is 5.78 Å². The lowest BCUT2D eigenvalue weighted by Crippen LogP contribution is -2.12. The lowest BCUT2D eigenvalue weighted by molar-refractivity contribution is 0.0526. The number of nitrogens with one attached hydrogen (secondary N) is 1. The van der Waals surface area contributed by atoms with Crippen molar-refractivity contribution in [3.63, 3.8) is 0 Å². The van der Waals surface area contributed by atoms with E-state index in [1.54, 1.807) is 49.5 Å². The molecule has 0 fully saturated rings. The molecule has 0 radical (unpaired) electrons. The number of carbonyl (C=O) groups excluding carboxylic acids is 2. The van der Waals surface area contributed by atoms with Gasteiger partial charge in [0.05, 0.1) is 17.9 Å². The predicted octanol–water partition coefficient (Wildman–Crippen LogP) is 2.45. The van der Waals surface area contributed by atoms with E-state index in [9.17, 15) is 9.59 Å². The minimum absolute atomic E-state index is 0.0563. The quantitative estimate of drug-likeness (QED) is 0.648. The van der Waals surface area contributed by atoms with Gasteiger partial charge < -0.3 is 14.5 Å². The summed E-state index contributed by atoms with van der Waals surface area (Å²) in [5.41, 5.74) is 0.961. The van der Waals surface area contributed by atoms with E-state index < -0.39 is 0 Å². The normalized spacial score (nSPS) is 10.1. The van der Waals surface area contributed by atoms with Crippen LogP contribution in [0.2, 0.25) is 0 Å². The van der Waals surface area contributed by atoms with E-state index in [2.05, 4.69) is 4.98 Å². The van der Waals surface area contributed by atoms with Crippen molar-refractivity contribution >= 4 is 11.8 Å². The largest absolute Gasteiger partial charge is 0.485 e. The van der Waals surface area contributed by atoms with Gasteiger partial charge in [0.1, 0.15) is 5.75 Å². The Morgan fingerprint density at radius 2 is 1.90 bits per heavy atom. The lowest BCUT2D eigenvalue weighted by Gasteiger charge is -2.06. The summed E-state index contributed by atoms with van der Waals surface area (Å²) in [6, 6.07) is 9.91. The van der Waals surface area contributed by atoms with Crippen LogP contribution in [0.3, 0.4) is 0 Å².